The third-order valence-electron chi connectivity index (χ3n) is 10.7. The number of nitrogens with one attached hydrogen (secondary N) is 9. The molecule has 7 rings (SSSR count). The van der Waals surface area contributed by atoms with Crippen LogP contribution in [0.2, 0.25) is 0 Å². The molecule has 1 saturated heterocycles. The molecule has 6 heterocycles. The third kappa shape index (κ3) is 10.6. The van der Waals surface area contributed by atoms with Gasteiger partial charge < -0.3 is 61.9 Å². The molecule has 0 radical (unpaired) electrons. The Hall–Kier alpha value is -7.62. The molecule has 12 N–H and O–H groups in total. The van der Waals surface area contributed by atoms with Crippen LogP contribution >= 0.6 is 0 Å². The number of likely N-dealkylation sites (tertiary alicyclic amines) is 1. The van der Waals surface area contributed by atoms with E-state index in [9.17, 15) is 33.9 Å². The monoisotopic (exact) mass is 849 g/mol. The number of amides is 5. The Morgan fingerprint density at radius 1 is 0.645 bits per heavy atom. The van der Waals surface area contributed by atoms with E-state index in [4.69, 9.17) is 5.73 Å². The van der Waals surface area contributed by atoms with E-state index in [0.29, 0.717) is 29.2 Å². The number of aromatic amines is 5. The van der Waals surface area contributed by atoms with Crippen LogP contribution in [0, 0.1) is 0 Å². The number of rotatable bonds is 20. The summed E-state index contributed by atoms with van der Waals surface area (Å²) in [4.78, 5) is 115. The van der Waals surface area contributed by atoms with Crippen molar-refractivity contribution >= 4 is 46.4 Å². The van der Waals surface area contributed by atoms with Crippen LogP contribution < -0.4 is 27.0 Å². The number of H-pyrrole nitrogens is 5. The molecule has 22 nitrogen and oxygen atoms in total. The minimum Gasteiger partial charge on any atom is -0.480 e. The number of fused-ring (bicyclic) bond motifs is 1. The van der Waals surface area contributed by atoms with Gasteiger partial charge in [0.2, 0.25) is 29.5 Å². The summed E-state index contributed by atoms with van der Waals surface area (Å²) >= 11 is 0. The first-order valence-corrected chi connectivity index (χ1v) is 20.0. The lowest BCUT2D eigenvalue weighted by molar-refractivity contribution is -0.149. The number of aliphatic carboxylic acids is 1. The highest BCUT2D eigenvalue weighted by Gasteiger charge is 2.39. The number of benzene rings is 1. The molecule has 0 saturated carbocycles. The number of carbonyl (C=O) groups excluding carboxylic acids is 5. The highest BCUT2D eigenvalue weighted by Crippen LogP contribution is 2.21. The maximum atomic E-state index is 14.4. The first-order chi connectivity index (χ1) is 30.0. The summed E-state index contributed by atoms with van der Waals surface area (Å²) < 4.78 is 0. The minimum absolute atomic E-state index is 0.0210. The van der Waals surface area contributed by atoms with Crippen molar-refractivity contribution in [3.8, 4) is 0 Å². The molecule has 1 aliphatic rings. The molecule has 0 aliphatic carbocycles. The second kappa shape index (κ2) is 19.6. The van der Waals surface area contributed by atoms with Crippen LogP contribution in [0.3, 0.4) is 0 Å². The maximum absolute atomic E-state index is 14.4. The molecule has 62 heavy (non-hydrogen) atoms. The lowest BCUT2D eigenvalue weighted by Crippen LogP contribution is -2.60. The zero-order valence-corrected chi connectivity index (χ0v) is 33.3. The molecule has 0 bridgehead atoms. The first-order valence-electron chi connectivity index (χ1n) is 20.0. The van der Waals surface area contributed by atoms with E-state index in [1.165, 1.54) is 48.8 Å². The molecule has 0 spiro atoms. The number of nitrogens with two attached hydrogens (primary N) is 1. The van der Waals surface area contributed by atoms with Crippen molar-refractivity contribution < 1.29 is 33.9 Å². The van der Waals surface area contributed by atoms with Crippen molar-refractivity contribution in [3.05, 3.63) is 109 Å². The van der Waals surface area contributed by atoms with E-state index in [2.05, 4.69) is 66.1 Å². The first kappa shape index (κ1) is 42.5. The third-order valence-corrected chi connectivity index (χ3v) is 10.7. The van der Waals surface area contributed by atoms with Crippen molar-refractivity contribution in [2.45, 2.75) is 81.2 Å². The number of para-hydroxylation sites is 1. The molecular formula is C40H47N15O7. The van der Waals surface area contributed by atoms with E-state index < -0.39 is 71.8 Å². The zero-order valence-electron chi connectivity index (χ0n) is 33.3. The number of carbonyl (C=O) groups is 6. The zero-order chi connectivity index (χ0) is 43.6. The number of nitrogens with zero attached hydrogens (tertiary/aromatic N) is 5. The van der Waals surface area contributed by atoms with Crippen molar-refractivity contribution in [1.29, 1.82) is 0 Å². The normalized spacial score (nSPS) is 16.2. The van der Waals surface area contributed by atoms with Gasteiger partial charge in [0.15, 0.2) is 0 Å². The second-order valence-electron chi connectivity index (χ2n) is 15.1. The van der Waals surface area contributed by atoms with Crippen LogP contribution in [-0.4, -0.2) is 133 Å². The fourth-order valence-corrected chi connectivity index (χ4v) is 7.51. The van der Waals surface area contributed by atoms with Gasteiger partial charge in [0, 0.05) is 103 Å². The SMILES string of the molecule is NC(Cc1cnc[nH]1)C(=O)NC(Cc1c[nH]c2ccccc12)C(=O)NC(Cc1cnc[nH]1)C(=O)NC(Cc1cnc[nH]1)C(=O)NC(Cc1cnc[nH]1)C(=O)N1CCCC1C(=O)O. The van der Waals surface area contributed by atoms with E-state index in [1.807, 2.05) is 24.3 Å². The van der Waals surface area contributed by atoms with Gasteiger partial charge in [-0.1, -0.05) is 18.2 Å². The van der Waals surface area contributed by atoms with Gasteiger partial charge >= 0.3 is 5.97 Å². The summed E-state index contributed by atoms with van der Waals surface area (Å²) in [5, 5.41) is 21.7. The molecule has 5 amide bonds. The number of hydrogen-bond acceptors (Lipinski definition) is 11. The molecule has 6 aromatic rings. The molecule has 6 atom stereocenters. The van der Waals surface area contributed by atoms with Crippen LogP contribution in [0.1, 0.15) is 41.2 Å². The van der Waals surface area contributed by atoms with Gasteiger partial charge in [-0.25, -0.2) is 24.7 Å². The van der Waals surface area contributed by atoms with Crippen molar-refractivity contribution in [1.82, 2.24) is 71.0 Å². The van der Waals surface area contributed by atoms with Gasteiger partial charge in [0.05, 0.1) is 31.4 Å². The predicted molar refractivity (Wildman–Crippen MR) is 219 cm³/mol. The highest BCUT2D eigenvalue weighted by atomic mass is 16.4. The van der Waals surface area contributed by atoms with Crippen molar-refractivity contribution in [3.63, 3.8) is 0 Å². The van der Waals surface area contributed by atoms with E-state index >= 15 is 0 Å². The lowest BCUT2D eigenvalue weighted by atomic mass is 10.0. The van der Waals surface area contributed by atoms with Crippen LogP contribution in [0.25, 0.3) is 10.9 Å². The Bertz CT molecular complexity index is 2430. The average molecular weight is 850 g/mol. The van der Waals surface area contributed by atoms with Gasteiger partial charge in [0.1, 0.15) is 30.2 Å². The molecule has 1 aromatic carbocycles. The molecule has 22 heteroatoms. The van der Waals surface area contributed by atoms with Crippen molar-refractivity contribution in [2.24, 2.45) is 5.73 Å². The Balaban J connectivity index is 1.13. The number of carboxylic acid groups (broad SMARTS) is 1. The molecular weight excluding hydrogens is 803 g/mol. The van der Waals surface area contributed by atoms with Crippen LogP contribution in [0.5, 0.6) is 0 Å². The molecule has 6 unspecified atom stereocenters. The number of carboxylic acids is 1. The second-order valence-corrected chi connectivity index (χ2v) is 15.1. The molecule has 1 aliphatic heterocycles. The van der Waals surface area contributed by atoms with Gasteiger partial charge in [-0.3, -0.25) is 24.0 Å². The Kier molecular flexibility index (Phi) is 13.5. The van der Waals surface area contributed by atoms with E-state index in [-0.39, 0.29) is 45.1 Å². The summed E-state index contributed by atoms with van der Waals surface area (Å²) in [5.74, 6) is -4.63. The van der Waals surface area contributed by atoms with Crippen LogP contribution in [-0.2, 0) is 60.9 Å². The highest BCUT2D eigenvalue weighted by molar-refractivity contribution is 5.97. The minimum atomic E-state index is -1.34. The van der Waals surface area contributed by atoms with Gasteiger partial charge in [-0.05, 0) is 24.5 Å². The fourth-order valence-electron chi connectivity index (χ4n) is 7.51. The van der Waals surface area contributed by atoms with Gasteiger partial charge in [0.25, 0.3) is 0 Å². The van der Waals surface area contributed by atoms with E-state index in [0.717, 1.165) is 16.5 Å². The standard InChI is InChI=1S/C40H47N15O7/c41-28(9-23-14-42-18-47-23)35(56)51-30(8-22-13-46-29-5-2-1-4-27(22)29)36(57)52-31(10-24-15-43-19-48-24)37(58)53-32(11-25-16-44-20-49-25)38(59)54-33(12-26-17-45-21-50-26)39(60)55-7-3-6-34(55)40(61)62/h1-2,4-5,13-21,28,30-34,46H,3,6-12,41H2,(H,42,47)(H,43,48)(H,44,49)(H,45,50)(H,51,56)(H,52,57)(H,53,58)(H,54,59)(H,61,62). The Morgan fingerprint density at radius 2 is 1.11 bits per heavy atom. The molecule has 324 valence electrons. The number of hydrogen-bond donors (Lipinski definition) is 11. The number of aromatic nitrogens is 9. The summed E-state index contributed by atoms with van der Waals surface area (Å²) in [5.41, 5.74) is 9.87. The van der Waals surface area contributed by atoms with Crippen LogP contribution in [0.15, 0.2) is 80.6 Å². The van der Waals surface area contributed by atoms with Crippen LogP contribution in [0.4, 0.5) is 0 Å². The topological polar surface area (TPSA) is 331 Å². The Morgan fingerprint density at radius 3 is 1.63 bits per heavy atom. The Labute approximate surface area is 353 Å². The maximum Gasteiger partial charge on any atom is 0.326 e. The van der Waals surface area contributed by atoms with Gasteiger partial charge in [-0.15, -0.1) is 0 Å². The fraction of sp³-hybridized carbons (Fsp3) is 0.350. The summed E-state index contributed by atoms with van der Waals surface area (Å²) in [7, 11) is 0. The quantitative estimate of drug-likeness (QED) is 0.0437. The largest absolute Gasteiger partial charge is 0.480 e. The summed E-state index contributed by atoms with van der Waals surface area (Å²) in [6, 6.07) is 0.234. The average Bonchev–Trinajstić information content (AvgIpc) is 4.11. The lowest BCUT2D eigenvalue weighted by Gasteiger charge is -2.29. The molecule has 1 fully saturated rings. The van der Waals surface area contributed by atoms with E-state index in [1.54, 1.807) is 12.4 Å². The number of imidazole rings is 4. The summed E-state index contributed by atoms with van der Waals surface area (Å²) in [6.07, 6.45) is 14.0. The smallest absolute Gasteiger partial charge is 0.326 e. The van der Waals surface area contributed by atoms with Crippen molar-refractivity contribution in [2.75, 3.05) is 6.54 Å². The van der Waals surface area contributed by atoms with Gasteiger partial charge in [-0.2, -0.15) is 0 Å². The molecule has 5 aromatic heterocycles. The summed E-state index contributed by atoms with van der Waals surface area (Å²) in [6.45, 7) is 0.187. The predicted octanol–water partition coefficient (Wildman–Crippen LogP) is -1.08.